The molecule has 37 heavy (non-hydrogen) atoms. The van der Waals surface area contributed by atoms with Crippen molar-refractivity contribution in [1.82, 2.24) is 9.80 Å². The monoisotopic (exact) mass is 504 g/mol. The highest BCUT2D eigenvalue weighted by molar-refractivity contribution is 6.39. The van der Waals surface area contributed by atoms with Crippen molar-refractivity contribution in [3.8, 4) is 0 Å². The van der Waals surface area contributed by atoms with Gasteiger partial charge in [-0.15, -0.1) is 0 Å². The van der Waals surface area contributed by atoms with Crippen molar-refractivity contribution in [3.63, 3.8) is 0 Å². The Morgan fingerprint density at radius 3 is 2.57 bits per heavy atom. The number of ether oxygens (including phenoxy) is 1. The third-order valence-electron chi connectivity index (χ3n) is 7.45. The number of nitrogens with zero attached hydrogens (tertiary/aromatic N) is 2. The van der Waals surface area contributed by atoms with Crippen LogP contribution in [0.5, 0.6) is 0 Å². The van der Waals surface area contributed by atoms with Gasteiger partial charge in [-0.05, 0) is 55.4 Å². The van der Waals surface area contributed by atoms with Crippen LogP contribution in [-0.4, -0.2) is 52.1 Å². The molecule has 5 amide bonds. The Kier molecular flexibility index (Phi) is 6.18. The van der Waals surface area contributed by atoms with Gasteiger partial charge in [0.2, 0.25) is 11.5 Å². The number of nitrogens with two attached hydrogens (primary N) is 1. The van der Waals surface area contributed by atoms with Crippen molar-refractivity contribution in [2.24, 2.45) is 11.7 Å². The second-order valence-electron chi connectivity index (χ2n) is 9.86. The zero-order valence-corrected chi connectivity index (χ0v) is 20.4. The minimum absolute atomic E-state index is 0.0170. The van der Waals surface area contributed by atoms with E-state index in [0.717, 1.165) is 23.3 Å². The minimum atomic E-state index is -1.51. The standard InChI is InChI=1S/C27H28N4O6/c1-16(18-7-8-18)30(14-17-5-3-2-4-6-17)22(32)15-31-25(35)27(37-26(31)36)12-11-19-13-20(9-10-21(19)27)29-24(34)23(28)33/h2-6,9-10,13,16,18H,7-8,11-12,14-15H2,1H3,(H2,28,33)(H,29,34). The van der Waals surface area contributed by atoms with Crippen LogP contribution in [0.15, 0.2) is 48.5 Å². The zero-order chi connectivity index (χ0) is 26.3. The largest absolute Gasteiger partial charge is 0.427 e. The second-order valence-corrected chi connectivity index (χ2v) is 9.86. The summed E-state index contributed by atoms with van der Waals surface area (Å²) in [6.45, 7) is 2.00. The topological polar surface area (TPSA) is 139 Å². The Labute approximate surface area is 213 Å². The van der Waals surface area contributed by atoms with Crippen LogP contribution >= 0.6 is 0 Å². The second kappa shape index (κ2) is 9.34. The van der Waals surface area contributed by atoms with Crippen LogP contribution in [0.3, 0.4) is 0 Å². The number of hydrogen-bond donors (Lipinski definition) is 2. The maximum atomic E-state index is 13.6. The van der Waals surface area contributed by atoms with E-state index in [0.29, 0.717) is 35.7 Å². The Morgan fingerprint density at radius 1 is 1.16 bits per heavy atom. The van der Waals surface area contributed by atoms with Crippen molar-refractivity contribution in [1.29, 1.82) is 0 Å². The molecular formula is C27H28N4O6. The summed E-state index contributed by atoms with van der Waals surface area (Å²) in [6, 6.07) is 14.3. The van der Waals surface area contributed by atoms with E-state index in [-0.39, 0.29) is 18.4 Å². The molecule has 192 valence electrons. The number of benzene rings is 2. The molecule has 2 unspecified atom stereocenters. The van der Waals surface area contributed by atoms with Gasteiger partial charge in [-0.25, -0.2) is 9.69 Å². The van der Waals surface area contributed by atoms with Crippen LogP contribution in [0, 0.1) is 5.92 Å². The molecule has 1 saturated carbocycles. The molecule has 10 nitrogen and oxygen atoms in total. The fourth-order valence-electron chi connectivity index (χ4n) is 5.22. The SMILES string of the molecule is CC(C1CC1)N(Cc1ccccc1)C(=O)CN1C(=O)OC2(CCc3cc(NC(=O)C(N)=O)ccc32)C1=O. The predicted molar refractivity (Wildman–Crippen MR) is 132 cm³/mol. The lowest BCUT2D eigenvalue weighted by Crippen LogP contribution is -2.47. The van der Waals surface area contributed by atoms with E-state index in [4.69, 9.17) is 10.5 Å². The van der Waals surface area contributed by atoms with Crippen LogP contribution in [-0.2, 0) is 42.5 Å². The average molecular weight is 505 g/mol. The first-order chi connectivity index (χ1) is 17.7. The number of rotatable bonds is 7. The Balaban J connectivity index is 1.34. The van der Waals surface area contributed by atoms with E-state index in [1.807, 2.05) is 37.3 Å². The lowest BCUT2D eigenvalue weighted by atomic mass is 9.94. The predicted octanol–water partition coefficient (Wildman–Crippen LogP) is 2.06. The van der Waals surface area contributed by atoms with Crippen LogP contribution in [0.1, 0.15) is 42.9 Å². The molecule has 1 saturated heterocycles. The molecule has 2 aromatic carbocycles. The third-order valence-corrected chi connectivity index (χ3v) is 7.45. The number of amides is 5. The molecule has 5 rings (SSSR count). The zero-order valence-electron chi connectivity index (χ0n) is 20.4. The summed E-state index contributed by atoms with van der Waals surface area (Å²) < 4.78 is 5.64. The summed E-state index contributed by atoms with van der Waals surface area (Å²) in [4.78, 5) is 65.2. The Hall–Kier alpha value is -4.21. The normalized spacial score (nSPS) is 20.9. The highest BCUT2D eigenvalue weighted by Crippen LogP contribution is 2.46. The molecule has 0 bridgehead atoms. The number of nitrogens with one attached hydrogen (secondary N) is 1. The van der Waals surface area contributed by atoms with Crippen molar-refractivity contribution in [3.05, 3.63) is 65.2 Å². The molecule has 10 heteroatoms. The van der Waals surface area contributed by atoms with Crippen molar-refractivity contribution < 1.29 is 28.7 Å². The van der Waals surface area contributed by atoms with Gasteiger partial charge in [0.1, 0.15) is 6.54 Å². The van der Waals surface area contributed by atoms with E-state index >= 15 is 0 Å². The number of carbonyl (C=O) groups excluding carboxylic acids is 5. The van der Waals surface area contributed by atoms with Crippen molar-refractivity contribution in [2.75, 3.05) is 11.9 Å². The maximum absolute atomic E-state index is 13.6. The molecule has 2 aromatic rings. The molecule has 3 N–H and O–H groups in total. The first kappa shape index (κ1) is 24.5. The van der Waals surface area contributed by atoms with Crippen molar-refractivity contribution >= 4 is 35.4 Å². The van der Waals surface area contributed by atoms with Gasteiger partial charge in [0.25, 0.3) is 5.91 Å². The summed E-state index contributed by atoms with van der Waals surface area (Å²) in [5.41, 5.74) is 6.00. The van der Waals surface area contributed by atoms with Crippen LogP contribution < -0.4 is 11.1 Å². The Bertz CT molecular complexity index is 1290. The molecule has 1 aliphatic heterocycles. The summed E-state index contributed by atoms with van der Waals surface area (Å²) in [6.07, 6.45) is 1.88. The van der Waals surface area contributed by atoms with E-state index < -0.39 is 36.0 Å². The van der Waals surface area contributed by atoms with Gasteiger partial charge in [-0.1, -0.05) is 36.4 Å². The molecule has 2 fully saturated rings. The van der Waals surface area contributed by atoms with Gasteiger partial charge in [-0.2, -0.15) is 0 Å². The first-order valence-electron chi connectivity index (χ1n) is 12.3. The number of primary amides is 1. The number of fused-ring (bicyclic) bond motifs is 2. The Morgan fingerprint density at radius 2 is 1.89 bits per heavy atom. The van der Waals surface area contributed by atoms with Crippen LogP contribution in [0.2, 0.25) is 0 Å². The molecule has 0 radical (unpaired) electrons. The number of hydrogen-bond acceptors (Lipinski definition) is 6. The fraction of sp³-hybridized carbons (Fsp3) is 0.370. The van der Waals surface area contributed by atoms with E-state index in [9.17, 15) is 24.0 Å². The summed E-state index contributed by atoms with van der Waals surface area (Å²) >= 11 is 0. The number of aryl methyl sites for hydroxylation is 1. The molecular weight excluding hydrogens is 476 g/mol. The minimum Gasteiger partial charge on any atom is -0.427 e. The van der Waals surface area contributed by atoms with Crippen LogP contribution in [0.25, 0.3) is 0 Å². The summed E-state index contributed by atoms with van der Waals surface area (Å²) in [7, 11) is 0. The van der Waals surface area contributed by atoms with Gasteiger partial charge >= 0.3 is 17.9 Å². The molecule has 2 atom stereocenters. The lowest BCUT2D eigenvalue weighted by molar-refractivity contribution is -0.143. The van der Waals surface area contributed by atoms with Gasteiger partial charge in [0.15, 0.2) is 0 Å². The van der Waals surface area contributed by atoms with Gasteiger partial charge in [0.05, 0.1) is 0 Å². The molecule has 1 heterocycles. The first-order valence-corrected chi connectivity index (χ1v) is 12.3. The average Bonchev–Trinajstić information content (AvgIpc) is 3.63. The highest BCUT2D eigenvalue weighted by Gasteiger charge is 2.58. The fourth-order valence-corrected chi connectivity index (χ4v) is 5.22. The summed E-state index contributed by atoms with van der Waals surface area (Å²) in [5.74, 6) is -2.55. The molecule has 1 spiro atoms. The molecule has 0 aromatic heterocycles. The number of carbonyl (C=O) groups is 5. The lowest BCUT2D eigenvalue weighted by Gasteiger charge is -2.30. The number of anilines is 1. The van der Waals surface area contributed by atoms with E-state index in [1.54, 1.807) is 17.0 Å². The number of imide groups is 1. The molecule has 2 aliphatic carbocycles. The quantitative estimate of drug-likeness (QED) is 0.554. The molecule has 3 aliphatic rings. The van der Waals surface area contributed by atoms with E-state index in [1.165, 1.54) is 6.07 Å². The third kappa shape index (κ3) is 4.54. The highest BCUT2D eigenvalue weighted by atomic mass is 16.6. The van der Waals surface area contributed by atoms with Crippen molar-refractivity contribution in [2.45, 2.75) is 50.8 Å². The smallest absolute Gasteiger partial charge is 0.418 e. The van der Waals surface area contributed by atoms with Gasteiger partial charge < -0.3 is 20.7 Å². The van der Waals surface area contributed by atoms with Gasteiger partial charge in [0, 0.05) is 30.3 Å². The van der Waals surface area contributed by atoms with Gasteiger partial charge in [-0.3, -0.25) is 19.2 Å². The summed E-state index contributed by atoms with van der Waals surface area (Å²) in [5, 5.41) is 2.40. The maximum Gasteiger partial charge on any atom is 0.418 e. The van der Waals surface area contributed by atoms with E-state index in [2.05, 4.69) is 5.32 Å². The van der Waals surface area contributed by atoms with Crippen LogP contribution in [0.4, 0.5) is 10.5 Å².